The van der Waals surface area contributed by atoms with E-state index >= 15 is 0 Å². The molecule has 0 unspecified atom stereocenters. The summed E-state index contributed by atoms with van der Waals surface area (Å²) in [6, 6.07) is 1.97. The number of hydrogen-bond donors (Lipinski definition) is 1. The highest BCUT2D eigenvalue weighted by Crippen LogP contribution is 2.21. The van der Waals surface area contributed by atoms with E-state index in [4.69, 9.17) is 0 Å². The standard InChI is InChI=1S/C11H13NO/c1-7(2)11(13)10-6-8-4-3-5-9(8)12-10/h3,5-7,12H,4H2,1-2H3. The SMILES string of the molecule is CC(C)C(=O)c1cc2c([nH]1)C=CC2. The van der Waals surface area contributed by atoms with E-state index in [9.17, 15) is 4.79 Å². The first-order chi connectivity index (χ1) is 6.18. The van der Waals surface area contributed by atoms with Gasteiger partial charge in [0.15, 0.2) is 5.78 Å². The van der Waals surface area contributed by atoms with Gasteiger partial charge >= 0.3 is 0 Å². The van der Waals surface area contributed by atoms with Crippen molar-refractivity contribution < 1.29 is 4.79 Å². The Morgan fingerprint density at radius 2 is 2.31 bits per heavy atom. The second-order valence-electron chi connectivity index (χ2n) is 3.75. The molecule has 1 aromatic heterocycles. The molecule has 0 saturated carbocycles. The summed E-state index contributed by atoms with van der Waals surface area (Å²) in [6.45, 7) is 3.84. The largest absolute Gasteiger partial charge is 0.352 e. The van der Waals surface area contributed by atoms with E-state index in [0.29, 0.717) is 0 Å². The highest BCUT2D eigenvalue weighted by Gasteiger charge is 2.16. The van der Waals surface area contributed by atoms with Gasteiger partial charge in [0, 0.05) is 11.6 Å². The summed E-state index contributed by atoms with van der Waals surface area (Å²) in [6.07, 6.45) is 5.09. The van der Waals surface area contributed by atoms with E-state index in [-0.39, 0.29) is 11.7 Å². The molecule has 0 atom stereocenters. The molecule has 0 aliphatic heterocycles. The number of allylic oxidation sites excluding steroid dienone is 1. The lowest BCUT2D eigenvalue weighted by Crippen LogP contribution is -2.07. The number of H-pyrrole nitrogens is 1. The maximum atomic E-state index is 11.6. The smallest absolute Gasteiger partial charge is 0.181 e. The molecule has 1 aliphatic carbocycles. The van der Waals surface area contributed by atoms with Gasteiger partial charge in [-0.05, 0) is 24.1 Å². The zero-order valence-corrected chi connectivity index (χ0v) is 7.92. The van der Waals surface area contributed by atoms with Crippen LogP contribution in [0, 0.1) is 5.92 Å². The van der Waals surface area contributed by atoms with Crippen molar-refractivity contribution in [2.45, 2.75) is 20.3 Å². The van der Waals surface area contributed by atoms with Crippen molar-refractivity contribution in [3.05, 3.63) is 29.1 Å². The van der Waals surface area contributed by atoms with Crippen molar-refractivity contribution in [3.8, 4) is 0 Å². The fourth-order valence-electron chi connectivity index (χ4n) is 1.58. The van der Waals surface area contributed by atoms with Crippen molar-refractivity contribution >= 4 is 11.9 Å². The van der Waals surface area contributed by atoms with Gasteiger partial charge in [-0.15, -0.1) is 0 Å². The number of fused-ring (bicyclic) bond motifs is 1. The topological polar surface area (TPSA) is 32.9 Å². The molecule has 0 fully saturated rings. The van der Waals surface area contributed by atoms with Crippen molar-refractivity contribution in [1.29, 1.82) is 0 Å². The third kappa shape index (κ3) is 1.32. The minimum Gasteiger partial charge on any atom is -0.352 e. The normalized spacial score (nSPS) is 13.8. The first-order valence-electron chi connectivity index (χ1n) is 4.61. The number of carbonyl (C=O) groups is 1. The Bertz CT molecular complexity index is 371. The van der Waals surface area contributed by atoms with Crippen LogP contribution in [0.2, 0.25) is 0 Å². The third-order valence-electron chi connectivity index (χ3n) is 2.35. The average Bonchev–Trinajstić information content (AvgIpc) is 2.59. The van der Waals surface area contributed by atoms with Crippen LogP contribution in [-0.4, -0.2) is 10.8 Å². The van der Waals surface area contributed by atoms with Gasteiger partial charge in [-0.25, -0.2) is 0 Å². The molecule has 13 heavy (non-hydrogen) atoms. The first-order valence-corrected chi connectivity index (χ1v) is 4.61. The van der Waals surface area contributed by atoms with Crippen LogP contribution in [0.15, 0.2) is 12.1 Å². The summed E-state index contributed by atoms with van der Waals surface area (Å²) in [7, 11) is 0. The second kappa shape index (κ2) is 2.87. The molecule has 0 amide bonds. The predicted octanol–water partition coefficient (Wildman–Crippen LogP) is 2.42. The highest BCUT2D eigenvalue weighted by molar-refractivity contribution is 5.96. The van der Waals surface area contributed by atoms with Gasteiger partial charge in [-0.3, -0.25) is 4.79 Å². The van der Waals surface area contributed by atoms with E-state index < -0.39 is 0 Å². The number of hydrogen-bond acceptors (Lipinski definition) is 1. The lowest BCUT2D eigenvalue weighted by Gasteiger charge is -1.99. The van der Waals surface area contributed by atoms with Crippen molar-refractivity contribution in [3.63, 3.8) is 0 Å². The number of aromatic amines is 1. The maximum Gasteiger partial charge on any atom is 0.181 e. The van der Waals surface area contributed by atoms with Gasteiger partial charge in [0.05, 0.1) is 5.69 Å². The molecule has 68 valence electrons. The lowest BCUT2D eigenvalue weighted by molar-refractivity contribution is 0.0935. The molecule has 0 spiro atoms. The Labute approximate surface area is 77.7 Å². The predicted molar refractivity (Wildman–Crippen MR) is 52.7 cm³/mol. The molecule has 0 radical (unpaired) electrons. The van der Waals surface area contributed by atoms with Gasteiger partial charge < -0.3 is 4.98 Å². The van der Waals surface area contributed by atoms with E-state index in [1.54, 1.807) is 0 Å². The molecule has 1 aliphatic rings. The molecular formula is C11H13NO. The fraction of sp³-hybridized carbons (Fsp3) is 0.364. The zero-order chi connectivity index (χ0) is 9.42. The van der Waals surface area contributed by atoms with Gasteiger partial charge in [-0.2, -0.15) is 0 Å². The monoisotopic (exact) mass is 175 g/mol. The Morgan fingerprint density at radius 1 is 1.54 bits per heavy atom. The van der Waals surface area contributed by atoms with E-state index in [0.717, 1.165) is 17.8 Å². The molecule has 1 aromatic rings. The summed E-state index contributed by atoms with van der Waals surface area (Å²) in [5.74, 6) is 0.269. The lowest BCUT2D eigenvalue weighted by atomic mass is 10.1. The number of carbonyl (C=O) groups excluding carboxylic acids is 1. The molecule has 1 heterocycles. The van der Waals surface area contributed by atoms with Crippen LogP contribution in [0.4, 0.5) is 0 Å². The van der Waals surface area contributed by atoms with Crippen LogP contribution >= 0.6 is 0 Å². The summed E-state index contributed by atoms with van der Waals surface area (Å²) >= 11 is 0. The molecule has 0 aromatic carbocycles. The first kappa shape index (κ1) is 8.30. The van der Waals surface area contributed by atoms with Crippen LogP contribution < -0.4 is 0 Å². The Kier molecular flexibility index (Phi) is 1.83. The molecular weight excluding hydrogens is 162 g/mol. The van der Waals surface area contributed by atoms with Crippen LogP contribution in [-0.2, 0) is 6.42 Å². The van der Waals surface area contributed by atoms with Gasteiger partial charge in [0.2, 0.25) is 0 Å². The number of nitrogens with one attached hydrogen (secondary N) is 1. The van der Waals surface area contributed by atoms with Crippen LogP contribution in [0.5, 0.6) is 0 Å². The van der Waals surface area contributed by atoms with Crippen LogP contribution in [0.3, 0.4) is 0 Å². The van der Waals surface area contributed by atoms with Gasteiger partial charge in [0.1, 0.15) is 0 Å². The number of aromatic nitrogens is 1. The summed E-state index contributed by atoms with van der Waals surface area (Å²) in [4.78, 5) is 14.7. The third-order valence-corrected chi connectivity index (χ3v) is 2.35. The second-order valence-corrected chi connectivity index (χ2v) is 3.75. The Balaban J connectivity index is 2.33. The summed E-state index contributed by atoms with van der Waals surface area (Å²) in [5.41, 5.74) is 3.09. The molecule has 0 saturated heterocycles. The van der Waals surface area contributed by atoms with Crippen molar-refractivity contribution in [1.82, 2.24) is 4.98 Å². The Morgan fingerprint density at radius 3 is 2.92 bits per heavy atom. The van der Waals surface area contributed by atoms with Crippen LogP contribution in [0.25, 0.3) is 6.08 Å². The molecule has 2 rings (SSSR count). The van der Waals surface area contributed by atoms with E-state index in [1.165, 1.54) is 5.56 Å². The number of Topliss-reactive ketones (excluding diaryl/α,β-unsaturated/α-hetero) is 1. The number of rotatable bonds is 2. The molecule has 0 bridgehead atoms. The molecule has 2 heteroatoms. The van der Waals surface area contributed by atoms with E-state index in [1.807, 2.05) is 26.0 Å². The van der Waals surface area contributed by atoms with Crippen molar-refractivity contribution in [2.75, 3.05) is 0 Å². The summed E-state index contributed by atoms with van der Waals surface area (Å²) in [5, 5.41) is 0. The highest BCUT2D eigenvalue weighted by atomic mass is 16.1. The maximum absolute atomic E-state index is 11.6. The zero-order valence-electron chi connectivity index (χ0n) is 7.92. The molecule has 2 nitrogen and oxygen atoms in total. The summed E-state index contributed by atoms with van der Waals surface area (Å²) < 4.78 is 0. The van der Waals surface area contributed by atoms with Gasteiger partial charge in [0.25, 0.3) is 0 Å². The quantitative estimate of drug-likeness (QED) is 0.688. The number of ketones is 1. The van der Waals surface area contributed by atoms with Gasteiger partial charge in [-0.1, -0.05) is 19.9 Å². The minimum absolute atomic E-state index is 0.0720. The molecule has 1 N–H and O–H groups in total. The minimum atomic E-state index is 0.0720. The van der Waals surface area contributed by atoms with Crippen LogP contribution in [0.1, 0.15) is 35.6 Å². The van der Waals surface area contributed by atoms with Crippen molar-refractivity contribution in [2.24, 2.45) is 5.92 Å². The fourth-order valence-corrected chi connectivity index (χ4v) is 1.58. The van der Waals surface area contributed by atoms with E-state index in [2.05, 4.69) is 11.1 Å². The Hall–Kier alpha value is -1.31. The average molecular weight is 175 g/mol.